The van der Waals surface area contributed by atoms with Crippen LogP contribution in [-0.4, -0.2) is 48.3 Å². The van der Waals surface area contributed by atoms with E-state index < -0.39 is 0 Å². The second-order valence-corrected chi connectivity index (χ2v) is 6.79. The number of carbonyl (C=O) groups is 1. The first kappa shape index (κ1) is 18.7. The highest BCUT2D eigenvalue weighted by atomic mass is 16.3. The maximum Gasteiger partial charge on any atom is 0.315 e. The molecule has 0 radical (unpaired) electrons. The topological polar surface area (TPSA) is 64.6 Å². The van der Waals surface area contributed by atoms with E-state index in [0.717, 1.165) is 19.5 Å². The second-order valence-electron chi connectivity index (χ2n) is 6.79. The van der Waals surface area contributed by atoms with E-state index in [4.69, 9.17) is 5.11 Å². The van der Waals surface area contributed by atoms with E-state index in [1.165, 1.54) is 24.0 Å². The van der Waals surface area contributed by atoms with Crippen LogP contribution in [0, 0.1) is 6.92 Å². The molecule has 1 aromatic rings. The molecule has 0 aromatic heterocycles. The number of amides is 2. The van der Waals surface area contributed by atoms with Gasteiger partial charge in [0.25, 0.3) is 0 Å². The van der Waals surface area contributed by atoms with Crippen molar-refractivity contribution in [3.8, 4) is 0 Å². The highest BCUT2D eigenvalue weighted by Gasteiger charge is 2.24. The molecule has 1 heterocycles. The van der Waals surface area contributed by atoms with Gasteiger partial charge in [-0.05, 0) is 58.2 Å². The third-order valence-corrected chi connectivity index (χ3v) is 4.67. The van der Waals surface area contributed by atoms with Crippen LogP contribution in [0.2, 0.25) is 0 Å². The SMILES string of the molecule is Cc1ccc(C(CNC(=O)NC(C)CCCO)N2CCCC2)cc1. The molecular weight excluding hydrogens is 302 g/mol. The number of urea groups is 1. The van der Waals surface area contributed by atoms with E-state index in [1.54, 1.807) is 0 Å². The molecule has 0 bridgehead atoms. The highest BCUT2D eigenvalue weighted by molar-refractivity contribution is 5.74. The lowest BCUT2D eigenvalue weighted by molar-refractivity contribution is 0.217. The Labute approximate surface area is 145 Å². The Morgan fingerprint density at radius 1 is 1.25 bits per heavy atom. The van der Waals surface area contributed by atoms with Gasteiger partial charge in [-0.25, -0.2) is 4.79 Å². The Kier molecular flexibility index (Phi) is 7.53. The number of benzene rings is 1. The quantitative estimate of drug-likeness (QED) is 0.685. The van der Waals surface area contributed by atoms with Crippen LogP contribution in [0.15, 0.2) is 24.3 Å². The summed E-state index contributed by atoms with van der Waals surface area (Å²) in [6, 6.07) is 8.78. The van der Waals surface area contributed by atoms with Crippen molar-refractivity contribution in [2.75, 3.05) is 26.2 Å². The van der Waals surface area contributed by atoms with Crippen molar-refractivity contribution in [1.82, 2.24) is 15.5 Å². The van der Waals surface area contributed by atoms with E-state index in [0.29, 0.717) is 13.0 Å². The fourth-order valence-corrected chi connectivity index (χ4v) is 3.23. The van der Waals surface area contributed by atoms with Crippen LogP contribution in [0.4, 0.5) is 4.79 Å². The molecule has 1 saturated heterocycles. The van der Waals surface area contributed by atoms with Crippen molar-refractivity contribution in [3.63, 3.8) is 0 Å². The molecule has 5 heteroatoms. The first-order chi connectivity index (χ1) is 11.6. The Hall–Kier alpha value is -1.59. The number of rotatable bonds is 8. The van der Waals surface area contributed by atoms with Crippen LogP contribution in [0.1, 0.15) is 49.8 Å². The van der Waals surface area contributed by atoms with Crippen LogP contribution in [0.5, 0.6) is 0 Å². The van der Waals surface area contributed by atoms with Gasteiger partial charge in [-0.1, -0.05) is 29.8 Å². The molecule has 2 amide bonds. The smallest absolute Gasteiger partial charge is 0.315 e. The minimum absolute atomic E-state index is 0.0711. The average Bonchev–Trinajstić information content (AvgIpc) is 3.09. The Morgan fingerprint density at radius 3 is 2.54 bits per heavy atom. The molecule has 134 valence electrons. The van der Waals surface area contributed by atoms with Crippen LogP contribution in [0.25, 0.3) is 0 Å². The van der Waals surface area contributed by atoms with Gasteiger partial charge < -0.3 is 15.7 Å². The van der Waals surface area contributed by atoms with Gasteiger partial charge in [-0.3, -0.25) is 4.90 Å². The largest absolute Gasteiger partial charge is 0.396 e. The lowest BCUT2D eigenvalue weighted by Crippen LogP contribution is -2.44. The minimum atomic E-state index is -0.128. The number of aliphatic hydroxyl groups is 1. The molecular formula is C19H31N3O2. The van der Waals surface area contributed by atoms with Gasteiger partial charge >= 0.3 is 6.03 Å². The number of hydrogen-bond donors (Lipinski definition) is 3. The zero-order valence-electron chi connectivity index (χ0n) is 14.9. The van der Waals surface area contributed by atoms with E-state index in [1.807, 2.05) is 6.92 Å². The molecule has 3 N–H and O–H groups in total. The highest BCUT2D eigenvalue weighted by Crippen LogP contribution is 2.24. The monoisotopic (exact) mass is 333 g/mol. The van der Waals surface area contributed by atoms with Crippen molar-refractivity contribution in [2.24, 2.45) is 0 Å². The van der Waals surface area contributed by atoms with E-state index in [2.05, 4.69) is 46.7 Å². The molecule has 24 heavy (non-hydrogen) atoms. The first-order valence-corrected chi connectivity index (χ1v) is 9.06. The normalized spacial score (nSPS) is 17.5. The fraction of sp³-hybridized carbons (Fsp3) is 0.632. The zero-order chi connectivity index (χ0) is 17.4. The molecule has 2 rings (SSSR count). The van der Waals surface area contributed by atoms with E-state index in [9.17, 15) is 4.79 Å². The third-order valence-electron chi connectivity index (χ3n) is 4.67. The number of carbonyl (C=O) groups excluding carboxylic acids is 1. The van der Waals surface area contributed by atoms with Gasteiger partial charge in [-0.15, -0.1) is 0 Å². The molecule has 0 spiro atoms. The molecule has 0 saturated carbocycles. The van der Waals surface area contributed by atoms with Gasteiger partial charge in [0.2, 0.25) is 0 Å². The third kappa shape index (κ3) is 5.80. The van der Waals surface area contributed by atoms with Crippen LogP contribution in [-0.2, 0) is 0 Å². The van der Waals surface area contributed by atoms with Crippen molar-refractivity contribution in [1.29, 1.82) is 0 Å². The standard InChI is InChI=1S/C19H31N3O2/c1-15-7-9-17(10-8-15)18(22-11-3-4-12-22)14-20-19(24)21-16(2)6-5-13-23/h7-10,16,18,23H,3-6,11-14H2,1-2H3,(H2,20,21,24). The molecule has 1 fully saturated rings. The summed E-state index contributed by atoms with van der Waals surface area (Å²) < 4.78 is 0. The van der Waals surface area contributed by atoms with Crippen molar-refractivity contribution in [2.45, 2.75) is 51.6 Å². The Bertz CT molecular complexity index is 498. The van der Waals surface area contributed by atoms with Crippen molar-refractivity contribution < 1.29 is 9.90 Å². The predicted molar refractivity (Wildman–Crippen MR) is 97.0 cm³/mol. The summed E-state index contributed by atoms with van der Waals surface area (Å²) in [5, 5.41) is 14.8. The number of nitrogens with one attached hydrogen (secondary N) is 2. The van der Waals surface area contributed by atoms with Gasteiger partial charge in [0.15, 0.2) is 0 Å². The molecule has 2 atom stereocenters. The molecule has 0 aliphatic carbocycles. The second kappa shape index (κ2) is 9.64. The summed E-state index contributed by atoms with van der Waals surface area (Å²) in [4.78, 5) is 14.6. The van der Waals surface area contributed by atoms with Crippen molar-refractivity contribution >= 4 is 6.03 Å². The Balaban J connectivity index is 1.91. The number of nitrogens with zero attached hydrogens (tertiary/aromatic N) is 1. The number of aliphatic hydroxyl groups excluding tert-OH is 1. The summed E-state index contributed by atoms with van der Waals surface area (Å²) in [7, 11) is 0. The number of hydrogen-bond acceptors (Lipinski definition) is 3. The first-order valence-electron chi connectivity index (χ1n) is 9.06. The fourth-order valence-electron chi connectivity index (χ4n) is 3.23. The van der Waals surface area contributed by atoms with Crippen LogP contribution >= 0.6 is 0 Å². The number of likely N-dealkylation sites (tertiary alicyclic amines) is 1. The summed E-state index contributed by atoms with van der Waals surface area (Å²) in [6.45, 7) is 7.02. The zero-order valence-corrected chi connectivity index (χ0v) is 14.9. The van der Waals surface area contributed by atoms with Gasteiger partial charge in [0.1, 0.15) is 0 Å². The van der Waals surface area contributed by atoms with Crippen LogP contribution < -0.4 is 10.6 Å². The molecule has 1 aromatic carbocycles. The Morgan fingerprint density at radius 2 is 1.92 bits per heavy atom. The van der Waals surface area contributed by atoms with Crippen molar-refractivity contribution in [3.05, 3.63) is 35.4 Å². The molecule has 1 aliphatic rings. The van der Waals surface area contributed by atoms with Gasteiger partial charge in [-0.2, -0.15) is 0 Å². The van der Waals surface area contributed by atoms with Crippen LogP contribution in [0.3, 0.4) is 0 Å². The summed E-state index contributed by atoms with van der Waals surface area (Å²) in [5.74, 6) is 0. The van der Waals surface area contributed by atoms with E-state index >= 15 is 0 Å². The van der Waals surface area contributed by atoms with Gasteiger partial charge in [0, 0.05) is 19.2 Å². The molecule has 5 nitrogen and oxygen atoms in total. The minimum Gasteiger partial charge on any atom is -0.396 e. The van der Waals surface area contributed by atoms with E-state index in [-0.39, 0.29) is 24.7 Å². The summed E-state index contributed by atoms with van der Waals surface area (Å²) >= 11 is 0. The molecule has 1 aliphatic heterocycles. The summed E-state index contributed by atoms with van der Waals surface area (Å²) in [5.41, 5.74) is 2.51. The summed E-state index contributed by atoms with van der Waals surface area (Å²) in [6.07, 6.45) is 3.96. The average molecular weight is 333 g/mol. The lowest BCUT2D eigenvalue weighted by atomic mass is 10.0. The predicted octanol–water partition coefficient (Wildman–Crippen LogP) is 2.59. The van der Waals surface area contributed by atoms with Gasteiger partial charge in [0.05, 0.1) is 6.04 Å². The lowest BCUT2D eigenvalue weighted by Gasteiger charge is -2.28. The number of aryl methyl sites for hydroxylation is 1. The maximum atomic E-state index is 12.1. The molecule has 2 unspecified atom stereocenters. The maximum absolute atomic E-state index is 12.1.